The molecular formula is C15H22N4O4. The van der Waals surface area contributed by atoms with Crippen LogP contribution in [0.2, 0.25) is 0 Å². The molecule has 1 aromatic rings. The molecule has 1 aliphatic heterocycles. The topological polar surface area (TPSA) is 102 Å². The monoisotopic (exact) mass is 322 g/mol. The molecule has 1 aliphatic carbocycles. The maximum Gasteiger partial charge on any atom is 0.322 e. The molecule has 1 saturated carbocycles. The first-order valence-electron chi connectivity index (χ1n) is 8.03. The number of fused-ring (bicyclic) bond motifs is 1. The van der Waals surface area contributed by atoms with Gasteiger partial charge in [-0.3, -0.25) is 19.6 Å². The highest BCUT2D eigenvalue weighted by atomic mass is 16.6. The summed E-state index contributed by atoms with van der Waals surface area (Å²) in [5.74, 6) is -0.310. The van der Waals surface area contributed by atoms with Crippen LogP contribution in [0, 0.1) is 23.0 Å². The van der Waals surface area contributed by atoms with Gasteiger partial charge in [0.1, 0.15) is 5.69 Å². The van der Waals surface area contributed by atoms with E-state index in [1.165, 1.54) is 11.6 Å². The van der Waals surface area contributed by atoms with E-state index in [4.69, 9.17) is 0 Å². The van der Waals surface area contributed by atoms with E-state index < -0.39 is 10.5 Å². The third-order valence-electron chi connectivity index (χ3n) is 5.29. The smallest absolute Gasteiger partial charge is 0.322 e. The Kier molecular flexibility index (Phi) is 3.87. The predicted octanol–water partition coefficient (Wildman–Crippen LogP) is 1.40. The van der Waals surface area contributed by atoms with Crippen molar-refractivity contribution in [1.82, 2.24) is 14.7 Å². The molecule has 1 aromatic heterocycles. The van der Waals surface area contributed by atoms with Crippen LogP contribution < -0.4 is 0 Å². The second-order valence-corrected chi connectivity index (χ2v) is 6.71. The average molecular weight is 322 g/mol. The van der Waals surface area contributed by atoms with Crippen LogP contribution in [0.3, 0.4) is 0 Å². The molecule has 1 N–H and O–H groups in total. The number of hydrogen-bond acceptors (Lipinski definition) is 5. The van der Waals surface area contributed by atoms with Gasteiger partial charge in [-0.1, -0.05) is 12.8 Å². The van der Waals surface area contributed by atoms with E-state index in [1.807, 2.05) is 0 Å². The van der Waals surface area contributed by atoms with Gasteiger partial charge in [-0.25, -0.2) is 0 Å². The molecule has 1 saturated heterocycles. The molecule has 2 atom stereocenters. The molecule has 23 heavy (non-hydrogen) atoms. The van der Waals surface area contributed by atoms with Gasteiger partial charge in [-0.15, -0.1) is 0 Å². The minimum absolute atomic E-state index is 0.0220. The summed E-state index contributed by atoms with van der Waals surface area (Å²) in [5.41, 5.74) is -0.633. The molecule has 2 unspecified atom stereocenters. The van der Waals surface area contributed by atoms with Crippen molar-refractivity contribution in [1.29, 1.82) is 0 Å². The van der Waals surface area contributed by atoms with Crippen LogP contribution in [0.4, 0.5) is 5.69 Å². The minimum Gasteiger partial charge on any atom is -0.389 e. The number of hydrogen-bond donors (Lipinski definition) is 1. The third kappa shape index (κ3) is 2.60. The van der Waals surface area contributed by atoms with Crippen molar-refractivity contribution in [2.24, 2.45) is 13.0 Å². The number of aromatic nitrogens is 2. The quantitative estimate of drug-likeness (QED) is 0.655. The van der Waals surface area contributed by atoms with E-state index in [2.05, 4.69) is 5.10 Å². The van der Waals surface area contributed by atoms with Crippen molar-refractivity contribution in [2.75, 3.05) is 13.1 Å². The summed E-state index contributed by atoms with van der Waals surface area (Å²) >= 11 is 0. The van der Waals surface area contributed by atoms with Gasteiger partial charge >= 0.3 is 5.69 Å². The van der Waals surface area contributed by atoms with Gasteiger partial charge in [0.05, 0.1) is 10.5 Å². The van der Waals surface area contributed by atoms with Crippen LogP contribution in [0.1, 0.15) is 48.3 Å². The van der Waals surface area contributed by atoms with Crippen LogP contribution in [0.25, 0.3) is 0 Å². The van der Waals surface area contributed by atoms with Gasteiger partial charge in [0, 0.05) is 26.1 Å². The van der Waals surface area contributed by atoms with Crippen molar-refractivity contribution in [3.63, 3.8) is 0 Å². The number of aryl methyl sites for hydroxylation is 2. The van der Waals surface area contributed by atoms with Crippen LogP contribution in [0.5, 0.6) is 0 Å². The fraction of sp³-hybridized carbons (Fsp3) is 0.733. The molecule has 2 fully saturated rings. The van der Waals surface area contributed by atoms with Gasteiger partial charge in [0.25, 0.3) is 5.91 Å². The Morgan fingerprint density at radius 3 is 2.87 bits per heavy atom. The fourth-order valence-corrected chi connectivity index (χ4v) is 4.01. The summed E-state index contributed by atoms with van der Waals surface area (Å²) in [6.07, 6.45) is 4.29. The summed E-state index contributed by atoms with van der Waals surface area (Å²) in [5, 5.41) is 26.0. The van der Waals surface area contributed by atoms with Crippen molar-refractivity contribution < 1.29 is 14.8 Å². The zero-order chi connectivity index (χ0) is 16.8. The zero-order valence-corrected chi connectivity index (χ0v) is 13.5. The predicted molar refractivity (Wildman–Crippen MR) is 82.0 cm³/mol. The van der Waals surface area contributed by atoms with E-state index >= 15 is 0 Å². The van der Waals surface area contributed by atoms with Crippen LogP contribution >= 0.6 is 0 Å². The zero-order valence-electron chi connectivity index (χ0n) is 13.5. The standard InChI is InChI=1S/C15H22N4O4/c1-10-12(19(22)23)13(17(2)16-10)14(20)18-8-7-15(21)6-4-3-5-11(15)9-18/h11,21H,3-9H2,1-2H3. The lowest BCUT2D eigenvalue weighted by atomic mass is 9.71. The number of likely N-dealkylation sites (tertiary alicyclic amines) is 1. The van der Waals surface area contributed by atoms with Gasteiger partial charge in [0.2, 0.25) is 5.69 Å². The largest absolute Gasteiger partial charge is 0.389 e. The highest BCUT2D eigenvalue weighted by molar-refractivity contribution is 5.97. The molecule has 0 radical (unpaired) electrons. The number of nitrogens with zero attached hydrogens (tertiary/aromatic N) is 4. The van der Waals surface area contributed by atoms with Crippen molar-refractivity contribution in [3.8, 4) is 0 Å². The maximum atomic E-state index is 12.8. The van der Waals surface area contributed by atoms with E-state index in [0.29, 0.717) is 19.5 Å². The average Bonchev–Trinajstić information content (AvgIpc) is 2.80. The van der Waals surface area contributed by atoms with E-state index in [0.717, 1.165) is 25.7 Å². The molecule has 3 rings (SSSR count). The highest BCUT2D eigenvalue weighted by Gasteiger charge is 2.45. The van der Waals surface area contributed by atoms with Crippen molar-refractivity contribution in [3.05, 3.63) is 21.5 Å². The van der Waals surface area contributed by atoms with Crippen LogP contribution in [-0.4, -0.2) is 49.3 Å². The molecule has 2 heterocycles. The van der Waals surface area contributed by atoms with E-state index in [9.17, 15) is 20.0 Å². The Morgan fingerprint density at radius 2 is 2.17 bits per heavy atom. The molecule has 8 heteroatoms. The van der Waals surface area contributed by atoms with Gasteiger partial charge < -0.3 is 10.0 Å². The number of amides is 1. The summed E-state index contributed by atoms with van der Waals surface area (Å²) in [7, 11) is 1.55. The number of nitro groups is 1. The van der Waals surface area contributed by atoms with E-state index in [1.54, 1.807) is 11.9 Å². The number of aliphatic hydroxyl groups is 1. The number of rotatable bonds is 2. The first-order valence-corrected chi connectivity index (χ1v) is 8.03. The minimum atomic E-state index is -0.677. The Hall–Kier alpha value is -1.96. The van der Waals surface area contributed by atoms with Crippen molar-refractivity contribution in [2.45, 2.75) is 44.6 Å². The Labute approximate surface area is 134 Å². The van der Waals surface area contributed by atoms with Crippen LogP contribution in [-0.2, 0) is 7.05 Å². The first-order chi connectivity index (χ1) is 10.8. The van der Waals surface area contributed by atoms with Gasteiger partial charge in [-0.2, -0.15) is 5.10 Å². The molecule has 0 aromatic carbocycles. The molecular weight excluding hydrogens is 300 g/mol. The second kappa shape index (κ2) is 5.59. The van der Waals surface area contributed by atoms with Crippen LogP contribution in [0.15, 0.2) is 0 Å². The Bertz CT molecular complexity index is 656. The van der Waals surface area contributed by atoms with Crippen molar-refractivity contribution >= 4 is 11.6 Å². The van der Waals surface area contributed by atoms with E-state index in [-0.39, 0.29) is 28.9 Å². The molecule has 8 nitrogen and oxygen atoms in total. The molecule has 126 valence electrons. The number of carbonyl (C=O) groups is 1. The lowest BCUT2D eigenvalue weighted by molar-refractivity contribution is -0.385. The fourth-order valence-electron chi connectivity index (χ4n) is 4.01. The Morgan fingerprint density at radius 1 is 1.43 bits per heavy atom. The lowest BCUT2D eigenvalue weighted by Crippen LogP contribution is -2.54. The summed E-state index contributed by atoms with van der Waals surface area (Å²) in [6, 6.07) is 0. The molecule has 0 bridgehead atoms. The number of piperidine rings is 1. The summed E-state index contributed by atoms with van der Waals surface area (Å²) < 4.78 is 1.29. The highest BCUT2D eigenvalue weighted by Crippen LogP contribution is 2.40. The van der Waals surface area contributed by atoms with Gasteiger partial charge in [-0.05, 0) is 26.2 Å². The summed E-state index contributed by atoms with van der Waals surface area (Å²) in [4.78, 5) is 25.2. The third-order valence-corrected chi connectivity index (χ3v) is 5.29. The second-order valence-electron chi connectivity index (χ2n) is 6.71. The molecule has 2 aliphatic rings. The number of carbonyl (C=O) groups excluding carboxylic acids is 1. The Balaban J connectivity index is 1.86. The molecule has 1 amide bonds. The lowest BCUT2D eigenvalue weighted by Gasteiger charge is -2.47. The SMILES string of the molecule is Cc1nn(C)c(C(=O)N2CCC3(O)CCCCC3C2)c1[N+](=O)[O-]. The summed E-state index contributed by atoms with van der Waals surface area (Å²) in [6.45, 7) is 2.41. The molecule has 0 spiro atoms. The normalized spacial score (nSPS) is 27.6. The van der Waals surface area contributed by atoms with Gasteiger partial charge in [0.15, 0.2) is 0 Å². The first kappa shape index (κ1) is 15.9. The maximum absolute atomic E-state index is 12.8.